The Labute approximate surface area is 121 Å². The molecule has 20 heavy (non-hydrogen) atoms. The van der Waals surface area contributed by atoms with E-state index in [2.05, 4.69) is 4.98 Å². The van der Waals surface area contributed by atoms with Crippen molar-refractivity contribution in [2.75, 3.05) is 13.1 Å². The molecule has 1 saturated heterocycles. The molecule has 0 unspecified atom stereocenters. The summed E-state index contributed by atoms with van der Waals surface area (Å²) in [5.41, 5.74) is 0.847. The van der Waals surface area contributed by atoms with Gasteiger partial charge in [0.2, 0.25) is 0 Å². The molecular weight excluding hydrogens is 275 g/mol. The van der Waals surface area contributed by atoms with Crippen LogP contribution in [0.5, 0.6) is 0 Å². The average molecular weight is 290 g/mol. The lowest BCUT2D eigenvalue weighted by Gasteiger charge is -2.14. The zero-order valence-corrected chi connectivity index (χ0v) is 12.0. The Morgan fingerprint density at radius 2 is 2.00 bits per heavy atom. The quantitative estimate of drug-likeness (QED) is 0.848. The summed E-state index contributed by atoms with van der Waals surface area (Å²) in [4.78, 5) is 19.3. The van der Waals surface area contributed by atoms with Gasteiger partial charge < -0.3 is 4.90 Å². The van der Waals surface area contributed by atoms with Gasteiger partial charge in [-0.3, -0.25) is 4.79 Å². The number of hydrogen-bond acceptors (Lipinski definition) is 3. The molecule has 0 atom stereocenters. The predicted molar refractivity (Wildman–Crippen MR) is 77.4 cm³/mol. The predicted octanol–water partition coefficient (Wildman–Crippen LogP) is 3.49. The summed E-state index contributed by atoms with van der Waals surface area (Å²) in [7, 11) is 0. The SMILES string of the molecule is Cc1nc(C(=O)N2CCCC2)c(-c2ccccc2F)s1. The summed E-state index contributed by atoms with van der Waals surface area (Å²) >= 11 is 1.37. The van der Waals surface area contributed by atoms with Crippen LogP contribution in [-0.2, 0) is 0 Å². The van der Waals surface area contributed by atoms with Crippen LogP contribution in [0, 0.1) is 12.7 Å². The van der Waals surface area contributed by atoms with Crippen LogP contribution in [0.1, 0.15) is 28.3 Å². The van der Waals surface area contributed by atoms with Gasteiger partial charge >= 0.3 is 0 Å². The van der Waals surface area contributed by atoms with E-state index in [-0.39, 0.29) is 11.7 Å². The largest absolute Gasteiger partial charge is 0.337 e. The third-order valence-electron chi connectivity index (χ3n) is 3.45. The normalized spacial score (nSPS) is 14.8. The van der Waals surface area contributed by atoms with E-state index in [1.807, 2.05) is 6.92 Å². The molecule has 1 fully saturated rings. The Morgan fingerprint density at radius 1 is 1.30 bits per heavy atom. The summed E-state index contributed by atoms with van der Waals surface area (Å²) in [6.45, 7) is 3.38. The van der Waals surface area contributed by atoms with E-state index < -0.39 is 0 Å². The van der Waals surface area contributed by atoms with E-state index in [9.17, 15) is 9.18 Å². The highest BCUT2D eigenvalue weighted by Gasteiger charge is 2.26. The molecule has 1 aliphatic heterocycles. The van der Waals surface area contributed by atoms with Crippen LogP contribution in [0.15, 0.2) is 24.3 Å². The molecule has 1 aromatic heterocycles. The smallest absolute Gasteiger partial charge is 0.273 e. The highest BCUT2D eigenvalue weighted by atomic mass is 32.1. The van der Waals surface area contributed by atoms with Crippen molar-refractivity contribution in [1.29, 1.82) is 0 Å². The molecule has 2 heterocycles. The number of aryl methyl sites for hydroxylation is 1. The first-order chi connectivity index (χ1) is 9.66. The molecule has 5 heteroatoms. The van der Waals surface area contributed by atoms with Gasteiger partial charge in [-0.2, -0.15) is 0 Å². The van der Waals surface area contributed by atoms with Crippen LogP contribution in [0.4, 0.5) is 4.39 Å². The Morgan fingerprint density at radius 3 is 2.70 bits per heavy atom. The lowest BCUT2D eigenvalue weighted by molar-refractivity contribution is 0.0788. The Bertz CT molecular complexity index is 647. The second-order valence-electron chi connectivity index (χ2n) is 4.89. The highest BCUT2D eigenvalue weighted by molar-refractivity contribution is 7.15. The van der Waals surface area contributed by atoms with Crippen molar-refractivity contribution in [1.82, 2.24) is 9.88 Å². The number of aromatic nitrogens is 1. The van der Waals surface area contributed by atoms with Gasteiger partial charge in [0.15, 0.2) is 0 Å². The van der Waals surface area contributed by atoms with E-state index >= 15 is 0 Å². The summed E-state index contributed by atoms with van der Waals surface area (Å²) < 4.78 is 14.0. The molecule has 1 aromatic carbocycles. The van der Waals surface area contributed by atoms with Crippen molar-refractivity contribution in [3.8, 4) is 10.4 Å². The molecule has 0 N–H and O–H groups in total. The molecule has 0 saturated carbocycles. The van der Waals surface area contributed by atoms with E-state index in [4.69, 9.17) is 0 Å². The van der Waals surface area contributed by atoms with Crippen molar-refractivity contribution in [3.63, 3.8) is 0 Å². The van der Waals surface area contributed by atoms with Crippen molar-refractivity contribution < 1.29 is 9.18 Å². The first-order valence-electron chi connectivity index (χ1n) is 6.68. The lowest BCUT2D eigenvalue weighted by Crippen LogP contribution is -2.28. The van der Waals surface area contributed by atoms with Crippen molar-refractivity contribution >= 4 is 17.2 Å². The highest BCUT2D eigenvalue weighted by Crippen LogP contribution is 2.33. The molecule has 0 radical (unpaired) electrons. The maximum Gasteiger partial charge on any atom is 0.273 e. The second-order valence-corrected chi connectivity index (χ2v) is 6.09. The Balaban J connectivity index is 2.04. The second kappa shape index (κ2) is 5.32. The number of amides is 1. The summed E-state index contributed by atoms with van der Waals surface area (Å²) in [6.07, 6.45) is 2.06. The van der Waals surface area contributed by atoms with Gasteiger partial charge in [-0.05, 0) is 25.8 Å². The zero-order valence-electron chi connectivity index (χ0n) is 11.2. The van der Waals surface area contributed by atoms with Crippen LogP contribution in [0.25, 0.3) is 10.4 Å². The lowest BCUT2D eigenvalue weighted by atomic mass is 10.1. The topological polar surface area (TPSA) is 33.2 Å². The van der Waals surface area contributed by atoms with Crippen LogP contribution in [0.2, 0.25) is 0 Å². The number of nitrogens with zero attached hydrogens (tertiary/aromatic N) is 2. The van der Waals surface area contributed by atoms with Crippen molar-refractivity contribution in [3.05, 3.63) is 40.8 Å². The third-order valence-corrected chi connectivity index (χ3v) is 4.45. The first kappa shape index (κ1) is 13.2. The molecular formula is C15H15FN2OS. The van der Waals surface area contributed by atoms with Gasteiger partial charge in [-0.25, -0.2) is 9.37 Å². The molecule has 104 valence electrons. The van der Waals surface area contributed by atoms with Crippen molar-refractivity contribution in [2.24, 2.45) is 0 Å². The number of carbonyl (C=O) groups is 1. The molecule has 0 spiro atoms. The van der Waals surface area contributed by atoms with Crippen LogP contribution < -0.4 is 0 Å². The van der Waals surface area contributed by atoms with Gasteiger partial charge in [0.05, 0.1) is 9.88 Å². The minimum Gasteiger partial charge on any atom is -0.337 e. The fraction of sp³-hybridized carbons (Fsp3) is 0.333. The fourth-order valence-corrected chi connectivity index (χ4v) is 3.41. The number of halogens is 1. The summed E-state index contributed by atoms with van der Waals surface area (Å²) in [5, 5.41) is 0.783. The average Bonchev–Trinajstić information content (AvgIpc) is 3.08. The van der Waals surface area contributed by atoms with E-state index in [1.54, 1.807) is 23.1 Å². The minimum absolute atomic E-state index is 0.0786. The van der Waals surface area contributed by atoms with Crippen LogP contribution in [-0.4, -0.2) is 28.9 Å². The molecule has 3 rings (SSSR count). The molecule has 0 aliphatic carbocycles. The molecule has 2 aromatic rings. The number of carbonyl (C=O) groups excluding carboxylic acids is 1. The number of likely N-dealkylation sites (tertiary alicyclic amines) is 1. The fourth-order valence-electron chi connectivity index (χ4n) is 2.47. The Kier molecular flexibility index (Phi) is 3.53. The van der Waals surface area contributed by atoms with Gasteiger partial charge in [-0.1, -0.05) is 18.2 Å². The van der Waals surface area contributed by atoms with Gasteiger partial charge in [0.25, 0.3) is 5.91 Å². The maximum atomic E-state index is 14.0. The molecule has 1 amide bonds. The summed E-state index contributed by atoms with van der Waals surface area (Å²) in [6, 6.07) is 6.53. The third kappa shape index (κ3) is 2.33. The number of rotatable bonds is 2. The minimum atomic E-state index is -0.313. The van der Waals surface area contributed by atoms with Crippen LogP contribution in [0.3, 0.4) is 0 Å². The molecule has 3 nitrogen and oxygen atoms in total. The van der Waals surface area contributed by atoms with E-state index in [1.165, 1.54) is 17.4 Å². The number of benzene rings is 1. The standard InChI is InChI=1S/C15H15FN2OS/c1-10-17-13(15(19)18-8-4-5-9-18)14(20-10)11-6-2-3-7-12(11)16/h2-3,6-7H,4-5,8-9H2,1H3. The van der Waals surface area contributed by atoms with E-state index in [0.29, 0.717) is 16.1 Å². The number of hydrogen-bond donors (Lipinski definition) is 0. The Hall–Kier alpha value is -1.75. The first-order valence-corrected chi connectivity index (χ1v) is 7.50. The van der Waals surface area contributed by atoms with Gasteiger partial charge in [-0.15, -0.1) is 11.3 Å². The van der Waals surface area contributed by atoms with Gasteiger partial charge in [0, 0.05) is 18.7 Å². The zero-order chi connectivity index (χ0) is 14.1. The number of thiazole rings is 1. The molecule has 1 aliphatic rings. The van der Waals surface area contributed by atoms with Crippen LogP contribution >= 0.6 is 11.3 Å². The van der Waals surface area contributed by atoms with Crippen molar-refractivity contribution in [2.45, 2.75) is 19.8 Å². The maximum absolute atomic E-state index is 14.0. The van der Waals surface area contributed by atoms with Gasteiger partial charge in [0.1, 0.15) is 11.5 Å². The molecule has 0 bridgehead atoms. The monoisotopic (exact) mass is 290 g/mol. The summed E-state index contributed by atoms with van der Waals surface area (Å²) in [5.74, 6) is -0.392. The van der Waals surface area contributed by atoms with E-state index in [0.717, 1.165) is 30.9 Å².